The van der Waals surface area contributed by atoms with Gasteiger partial charge in [0.05, 0.1) is 11.5 Å². The van der Waals surface area contributed by atoms with Crippen LogP contribution in [0.2, 0.25) is 0 Å². The second-order valence-corrected chi connectivity index (χ2v) is 7.39. The molecule has 0 saturated heterocycles. The third-order valence-electron chi connectivity index (χ3n) is 3.77. The Labute approximate surface area is 170 Å². The molecule has 0 heterocycles. The van der Waals surface area contributed by atoms with Crippen molar-refractivity contribution >= 4 is 10.1 Å². The Bertz CT molecular complexity index is 474. The SMILES string of the molecule is CCCCCCCCCCCCOS(=O)(=O)c1ccccc1.[La]. The zero-order valence-corrected chi connectivity index (χ0v) is 18.8. The van der Waals surface area contributed by atoms with E-state index in [0.717, 1.165) is 12.8 Å². The second-order valence-electron chi connectivity index (χ2n) is 5.77. The molecule has 0 saturated carbocycles. The normalized spacial score (nSPS) is 11.2. The molecule has 1 rings (SSSR count). The molecular weight excluding hydrogens is 435 g/mol. The predicted octanol–water partition coefficient (Wildman–Crippen LogP) is 5.31. The molecule has 0 unspecified atom stereocenters. The van der Waals surface area contributed by atoms with Gasteiger partial charge in [-0.2, -0.15) is 8.42 Å². The van der Waals surface area contributed by atoms with E-state index in [-0.39, 0.29) is 47.1 Å². The van der Waals surface area contributed by atoms with E-state index in [1.807, 2.05) is 0 Å². The number of hydrogen-bond acceptors (Lipinski definition) is 3. The molecule has 0 aromatic heterocycles. The van der Waals surface area contributed by atoms with Gasteiger partial charge in [0.2, 0.25) is 0 Å². The smallest absolute Gasteiger partial charge is 0.266 e. The van der Waals surface area contributed by atoms with E-state index in [1.165, 1.54) is 51.4 Å². The maximum absolute atomic E-state index is 11.9. The molecule has 23 heavy (non-hydrogen) atoms. The Morgan fingerprint density at radius 3 is 1.78 bits per heavy atom. The van der Waals surface area contributed by atoms with Crippen molar-refractivity contribution in [2.75, 3.05) is 6.61 Å². The summed E-state index contributed by atoms with van der Waals surface area (Å²) < 4.78 is 28.8. The summed E-state index contributed by atoms with van der Waals surface area (Å²) in [5, 5.41) is 0. The van der Waals surface area contributed by atoms with Gasteiger partial charge in [-0.3, -0.25) is 4.18 Å². The van der Waals surface area contributed by atoms with Crippen molar-refractivity contribution < 1.29 is 48.2 Å². The van der Waals surface area contributed by atoms with Gasteiger partial charge in [-0.15, -0.1) is 0 Å². The molecule has 0 spiro atoms. The number of benzene rings is 1. The molecule has 129 valence electrons. The quantitative estimate of drug-likeness (QED) is 0.293. The van der Waals surface area contributed by atoms with Crippen molar-refractivity contribution in [3.63, 3.8) is 0 Å². The van der Waals surface area contributed by atoms with Gasteiger partial charge in [0, 0.05) is 35.6 Å². The third kappa shape index (κ3) is 11.5. The first-order valence-corrected chi connectivity index (χ1v) is 10.0. The van der Waals surface area contributed by atoms with Gasteiger partial charge in [-0.05, 0) is 18.6 Å². The van der Waals surface area contributed by atoms with Crippen molar-refractivity contribution in [3.05, 3.63) is 30.3 Å². The molecule has 0 N–H and O–H groups in total. The van der Waals surface area contributed by atoms with Crippen molar-refractivity contribution in [2.45, 2.75) is 76.0 Å². The van der Waals surface area contributed by atoms with Crippen molar-refractivity contribution in [1.29, 1.82) is 0 Å². The Kier molecular flexibility index (Phi) is 14.9. The van der Waals surface area contributed by atoms with Crippen LogP contribution in [0, 0.1) is 35.6 Å². The van der Waals surface area contributed by atoms with Gasteiger partial charge in [0.15, 0.2) is 0 Å². The van der Waals surface area contributed by atoms with E-state index in [2.05, 4.69) is 6.92 Å². The summed E-state index contributed by atoms with van der Waals surface area (Å²) in [6, 6.07) is 8.33. The molecule has 0 bridgehead atoms. The van der Waals surface area contributed by atoms with Crippen molar-refractivity contribution in [3.8, 4) is 0 Å². The molecule has 0 aliphatic carbocycles. The Morgan fingerprint density at radius 2 is 1.26 bits per heavy atom. The average molecular weight is 465 g/mol. The monoisotopic (exact) mass is 465 g/mol. The van der Waals surface area contributed by atoms with Crippen molar-refractivity contribution in [1.82, 2.24) is 0 Å². The van der Waals surface area contributed by atoms with Crippen LogP contribution in [-0.2, 0) is 14.3 Å². The van der Waals surface area contributed by atoms with Crippen LogP contribution in [0.15, 0.2) is 35.2 Å². The van der Waals surface area contributed by atoms with Crippen LogP contribution in [0.4, 0.5) is 0 Å². The summed E-state index contributed by atoms with van der Waals surface area (Å²) in [5.74, 6) is 0. The van der Waals surface area contributed by atoms with Gasteiger partial charge in [-0.1, -0.05) is 82.9 Å². The van der Waals surface area contributed by atoms with Crippen LogP contribution in [0.25, 0.3) is 0 Å². The molecule has 0 aliphatic heterocycles. The fourth-order valence-corrected chi connectivity index (χ4v) is 3.38. The third-order valence-corrected chi connectivity index (χ3v) is 5.09. The minimum atomic E-state index is -3.57. The van der Waals surface area contributed by atoms with Crippen LogP contribution in [0.3, 0.4) is 0 Å². The molecule has 0 fully saturated rings. The molecule has 0 amide bonds. The standard InChI is InChI=1S/C18H30O3S.La/c1-2-3-4-5-6-7-8-9-10-14-17-21-22(19,20)18-15-12-11-13-16-18;/h11-13,15-16H,2-10,14,17H2,1H3;. The van der Waals surface area contributed by atoms with E-state index in [1.54, 1.807) is 30.3 Å². The van der Waals surface area contributed by atoms with Gasteiger partial charge in [-0.25, -0.2) is 0 Å². The van der Waals surface area contributed by atoms with Gasteiger partial charge in [0.1, 0.15) is 0 Å². The Morgan fingerprint density at radius 1 is 0.783 bits per heavy atom. The van der Waals surface area contributed by atoms with Crippen LogP contribution in [0.5, 0.6) is 0 Å². The molecule has 0 atom stereocenters. The van der Waals surface area contributed by atoms with Crippen molar-refractivity contribution in [2.24, 2.45) is 0 Å². The first-order valence-electron chi connectivity index (χ1n) is 8.61. The molecule has 3 nitrogen and oxygen atoms in total. The topological polar surface area (TPSA) is 43.4 Å². The number of hydrogen-bond donors (Lipinski definition) is 0. The van der Waals surface area contributed by atoms with Gasteiger partial charge < -0.3 is 0 Å². The molecule has 1 radical (unpaired) electrons. The summed E-state index contributed by atoms with van der Waals surface area (Å²) in [5.41, 5.74) is 0. The van der Waals surface area contributed by atoms with Crippen LogP contribution in [0.1, 0.15) is 71.1 Å². The minimum absolute atomic E-state index is 0. The summed E-state index contributed by atoms with van der Waals surface area (Å²) in [6.45, 7) is 2.52. The molecule has 5 heteroatoms. The van der Waals surface area contributed by atoms with Crippen LogP contribution < -0.4 is 0 Å². The Balaban J connectivity index is 0.00000484. The summed E-state index contributed by atoms with van der Waals surface area (Å²) in [6.07, 6.45) is 12.3. The van der Waals surface area contributed by atoms with Gasteiger partial charge in [0.25, 0.3) is 10.1 Å². The fourth-order valence-electron chi connectivity index (χ4n) is 2.41. The predicted molar refractivity (Wildman–Crippen MR) is 91.4 cm³/mol. The molecular formula is C18H30LaO3S. The summed E-state index contributed by atoms with van der Waals surface area (Å²) in [4.78, 5) is 0.238. The molecule has 1 aromatic rings. The zero-order chi connectivity index (χ0) is 16.1. The number of unbranched alkanes of at least 4 members (excludes halogenated alkanes) is 9. The maximum atomic E-state index is 11.9. The van der Waals surface area contributed by atoms with E-state index >= 15 is 0 Å². The van der Waals surface area contributed by atoms with Gasteiger partial charge >= 0.3 is 0 Å². The second kappa shape index (κ2) is 14.6. The molecule has 1 aromatic carbocycles. The largest absolute Gasteiger partial charge is 0.296 e. The minimum Gasteiger partial charge on any atom is -0.266 e. The van der Waals surface area contributed by atoms with Crippen LogP contribution in [-0.4, -0.2) is 15.0 Å². The van der Waals surface area contributed by atoms with E-state index in [0.29, 0.717) is 0 Å². The number of rotatable bonds is 13. The first kappa shape index (κ1) is 23.3. The van der Waals surface area contributed by atoms with E-state index < -0.39 is 10.1 Å². The van der Waals surface area contributed by atoms with Crippen LogP contribution >= 0.6 is 0 Å². The Hall–Kier alpha value is 0.325. The summed E-state index contributed by atoms with van der Waals surface area (Å²) in [7, 11) is -3.57. The maximum Gasteiger partial charge on any atom is 0.296 e. The molecule has 0 aliphatic rings. The van der Waals surface area contributed by atoms with E-state index in [4.69, 9.17) is 4.18 Å². The fraction of sp³-hybridized carbons (Fsp3) is 0.667. The van der Waals surface area contributed by atoms with E-state index in [9.17, 15) is 8.42 Å². The zero-order valence-electron chi connectivity index (χ0n) is 14.4. The summed E-state index contributed by atoms with van der Waals surface area (Å²) >= 11 is 0. The first-order chi connectivity index (χ1) is 10.7. The average Bonchev–Trinajstić information content (AvgIpc) is 2.53.